The predicted molar refractivity (Wildman–Crippen MR) is 44.9 cm³/mol. The lowest BCUT2D eigenvalue weighted by Crippen LogP contribution is -2.35. The van der Waals surface area contributed by atoms with Gasteiger partial charge in [0.15, 0.2) is 0 Å². The average Bonchev–Trinajstić information content (AvgIpc) is 2.40. The van der Waals surface area contributed by atoms with Crippen LogP contribution in [0.2, 0.25) is 0 Å². The van der Waals surface area contributed by atoms with Crippen LogP contribution < -0.4 is 5.32 Å². The molecule has 1 N–H and O–H groups in total. The molecule has 11 heavy (non-hydrogen) atoms. The van der Waals surface area contributed by atoms with Crippen LogP contribution in [0.5, 0.6) is 0 Å². The third-order valence-electron chi connectivity index (χ3n) is 3.50. The van der Waals surface area contributed by atoms with Gasteiger partial charge in [-0.2, -0.15) is 0 Å². The summed E-state index contributed by atoms with van der Waals surface area (Å²) in [7, 11) is 0. The molecular formula is C9H12N2. The van der Waals surface area contributed by atoms with Crippen LogP contribution in [-0.4, -0.2) is 25.8 Å². The van der Waals surface area contributed by atoms with Gasteiger partial charge in [0.2, 0.25) is 0 Å². The van der Waals surface area contributed by atoms with Crippen molar-refractivity contribution >= 4 is 6.21 Å². The van der Waals surface area contributed by atoms with Crippen molar-refractivity contribution in [3.63, 3.8) is 0 Å². The van der Waals surface area contributed by atoms with Crippen molar-refractivity contribution in [2.45, 2.75) is 6.42 Å². The first-order valence-corrected chi connectivity index (χ1v) is 4.26. The molecule has 0 spiro atoms. The highest BCUT2D eigenvalue weighted by Gasteiger charge is 2.56. The quantitative estimate of drug-likeness (QED) is 0.500. The Morgan fingerprint density at radius 3 is 3.09 bits per heavy atom. The van der Waals surface area contributed by atoms with Crippen LogP contribution in [0.1, 0.15) is 6.42 Å². The maximum Gasteiger partial charge on any atom is 0.0498 e. The van der Waals surface area contributed by atoms with Gasteiger partial charge in [-0.3, -0.25) is 4.99 Å². The normalized spacial score (nSPS) is 51.6. The summed E-state index contributed by atoms with van der Waals surface area (Å²) in [5.41, 5.74) is 0.764. The molecule has 2 unspecified atom stereocenters. The third-order valence-corrected chi connectivity index (χ3v) is 3.50. The van der Waals surface area contributed by atoms with Crippen molar-refractivity contribution < 1.29 is 0 Å². The summed E-state index contributed by atoms with van der Waals surface area (Å²) in [6.45, 7) is 3.27. The zero-order valence-corrected chi connectivity index (χ0v) is 6.51. The van der Waals surface area contributed by atoms with E-state index in [0.29, 0.717) is 10.8 Å². The smallest absolute Gasteiger partial charge is 0.0498 e. The standard InChI is InChI=1S/C9H12N2/c1-2-8-4-10-6-9(8,3-1)7-11-5-8/h1-2,6,11H,3-5,7H2. The number of allylic oxidation sites excluding steroid dienone is 1. The molecule has 0 bridgehead atoms. The Morgan fingerprint density at radius 1 is 1.27 bits per heavy atom. The fourth-order valence-corrected chi connectivity index (χ4v) is 2.73. The Labute approximate surface area is 66.4 Å². The summed E-state index contributed by atoms with van der Waals surface area (Å²) in [4.78, 5) is 4.42. The summed E-state index contributed by atoms with van der Waals surface area (Å²) in [6.07, 6.45) is 8.09. The summed E-state index contributed by atoms with van der Waals surface area (Å²) >= 11 is 0. The SMILES string of the molecule is C1=CC23CN=CC2(C1)CNC3. The molecule has 1 aliphatic carbocycles. The fourth-order valence-electron chi connectivity index (χ4n) is 2.73. The minimum absolute atomic E-state index is 0.382. The lowest BCUT2D eigenvalue weighted by molar-refractivity contribution is 0.302. The minimum Gasteiger partial charge on any atom is -0.315 e. The molecule has 2 heterocycles. The van der Waals surface area contributed by atoms with Gasteiger partial charge in [-0.15, -0.1) is 0 Å². The predicted octanol–water partition coefficient (Wildman–Crippen LogP) is 0.607. The molecule has 0 amide bonds. The Hall–Kier alpha value is -0.630. The Morgan fingerprint density at radius 2 is 2.18 bits per heavy atom. The van der Waals surface area contributed by atoms with E-state index in [9.17, 15) is 0 Å². The van der Waals surface area contributed by atoms with E-state index in [2.05, 4.69) is 28.7 Å². The van der Waals surface area contributed by atoms with Gasteiger partial charge in [0.25, 0.3) is 0 Å². The summed E-state index contributed by atoms with van der Waals surface area (Å²) in [5.74, 6) is 0. The Kier molecular flexibility index (Phi) is 0.856. The van der Waals surface area contributed by atoms with Crippen LogP contribution in [0.4, 0.5) is 0 Å². The van der Waals surface area contributed by atoms with Crippen LogP contribution in [0, 0.1) is 10.8 Å². The molecule has 58 valence electrons. The molecule has 3 rings (SSSR count). The zero-order chi connectivity index (χ0) is 7.36. The molecular weight excluding hydrogens is 136 g/mol. The number of hydrogen-bond acceptors (Lipinski definition) is 2. The van der Waals surface area contributed by atoms with Crippen molar-refractivity contribution in [1.82, 2.24) is 5.32 Å². The van der Waals surface area contributed by atoms with Crippen LogP contribution in [-0.2, 0) is 0 Å². The van der Waals surface area contributed by atoms with E-state index in [1.165, 1.54) is 6.42 Å². The number of hydrogen-bond donors (Lipinski definition) is 1. The van der Waals surface area contributed by atoms with E-state index in [0.717, 1.165) is 19.6 Å². The molecule has 3 aliphatic rings. The topological polar surface area (TPSA) is 24.4 Å². The lowest BCUT2D eigenvalue weighted by Gasteiger charge is -2.29. The number of aliphatic imine (C=N–C) groups is 1. The monoisotopic (exact) mass is 148 g/mol. The van der Waals surface area contributed by atoms with Crippen molar-refractivity contribution in [2.24, 2.45) is 15.8 Å². The van der Waals surface area contributed by atoms with E-state index in [1.54, 1.807) is 0 Å². The summed E-state index contributed by atoms with van der Waals surface area (Å²) < 4.78 is 0. The summed E-state index contributed by atoms with van der Waals surface area (Å²) in [5, 5.41) is 3.47. The van der Waals surface area contributed by atoms with Crippen molar-refractivity contribution in [1.29, 1.82) is 0 Å². The molecule has 0 aromatic carbocycles. The van der Waals surface area contributed by atoms with Crippen molar-refractivity contribution in [3.05, 3.63) is 12.2 Å². The van der Waals surface area contributed by atoms with Gasteiger partial charge < -0.3 is 5.32 Å². The van der Waals surface area contributed by atoms with Crippen LogP contribution >= 0.6 is 0 Å². The van der Waals surface area contributed by atoms with E-state index in [-0.39, 0.29) is 0 Å². The van der Waals surface area contributed by atoms with Gasteiger partial charge in [0.1, 0.15) is 0 Å². The molecule has 0 saturated carbocycles. The number of nitrogens with zero attached hydrogens (tertiary/aromatic N) is 1. The van der Waals surface area contributed by atoms with Crippen LogP contribution in [0.3, 0.4) is 0 Å². The maximum atomic E-state index is 4.42. The second-order valence-electron chi connectivity index (χ2n) is 3.99. The van der Waals surface area contributed by atoms with Gasteiger partial charge in [0, 0.05) is 36.7 Å². The molecule has 0 aromatic heterocycles. The first-order chi connectivity index (χ1) is 5.37. The van der Waals surface area contributed by atoms with Gasteiger partial charge in [-0.05, 0) is 6.42 Å². The molecule has 0 aromatic rings. The lowest BCUT2D eigenvalue weighted by atomic mass is 9.70. The van der Waals surface area contributed by atoms with Gasteiger partial charge >= 0.3 is 0 Å². The number of nitrogens with one attached hydrogen (secondary N) is 1. The van der Waals surface area contributed by atoms with E-state index in [1.807, 2.05) is 0 Å². The minimum atomic E-state index is 0.382. The van der Waals surface area contributed by atoms with Gasteiger partial charge in [-0.1, -0.05) is 12.2 Å². The highest BCUT2D eigenvalue weighted by molar-refractivity contribution is 5.74. The van der Waals surface area contributed by atoms with Crippen molar-refractivity contribution in [2.75, 3.05) is 19.6 Å². The second-order valence-corrected chi connectivity index (χ2v) is 3.99. The molecule has 2 aliphatic heterocycles. The molecule has 1 saturated heterocycles. The first-order valence-electron chi connectivity index (χ1n) is 4.26. The largest absolute Gasteiger partial charge is 0.315 e. The first kappa shape index (κ1) is 5.95. The van der Waals surface area contributed by atoms with E-state index in [4.69, 9.17) is 0 Å². The number of rotatable bonds is 0. The highest BCUT2D eigenvalue weighted by atomic mass is 15.0. The summed E-state index contributed by atoms with van der Waals surface area (Å²) in [6, 6.07) is 0. The molecule has 0 radical (unpaired) electrons. The third kappa shape index (κ3) is 0.486. The highest BCUT2D eigenvalue weighted by Crippen LogP contribution is 2.52. The fraction of sp³-hybridized carbons (Fsp3) is 0.667. The Balaban J connectivity index is 2.16. The van der Waals surface area contributed by atoms with Gasteiger partial charge in [0.05, 0.1) is 0 Å². The van der Waals surface area contributed by atoms with E-state index < -0.39 is 0 Å². The maximum absolute atomic E-state index is 4.42. The zero-order valence-electron chi connectivity index (χ0n) is 6.51. The molecule has 2 nitrogen and oxygen atoms in total. The van der Waals surface area contributed by atoms with Crippen molar-refractivity contribution in [3.8, 4) is 0 Å². The Bertz CT molecular complexity index is 230. The average molecular weight is 148 g/mol. The molecule has 1 fully saturated rings. The van der Waals surface area contributed by atoms with Gasteiger partial charge in [-0.25, -0.2) is 0 Å². The molecule has 2 atom stereocenters. The van der Waals surface area contributed by atoms with Crippen LogP contribution in [0.15, 0.2) is 17.1 Å². The second kappa shape index (κ2) is 1.58. The van der Waals surface area contributed by atoms with E-state index >= 15 is 0 Å². The molecule has 2 heteroatoms. The van der Waals surface area contributed by atoms with Crippen LogP contribution in [0.25, 0.3) is 0 Å².